The van der Waals surface area contributed by atoms with Gasteiger partial charge in [0.25, 0.3) is 8.32 Å². The molecule has 3 rings (SSSR count). The predicted octanol–water partition coefficient (Wildman–Crippen LogP) is 5.47. The van der Waals surface area contributed by atoms with Crippen molar-refractivity contribution in [1.82, 2.24) is 4.98 Å². The summed E-state index contributed by atoms with van der Waals surface area (Å²) in [4.78, 5) is 17.6. The minimum Gasteiger partial charge on any atom is -0.461 e. The molecule has 0 saturated carbocycles. The molecule has 1 heterocycles. The lowest BCUT2D eigenvalue weighted by atomic mass is 9.89. The second-order valence-corrected chi connectivity index (χ2v) is 15.4. The van der Waals surface area contributed by atoms with Crippen molar-refractivity contribution in [3.8, 4) is 0 Å². The highest BCUT2D eigenvalue weighted by Gasteiger charge is 2.50. The number of hydrogen-bond donors (Lipinski definition) is 0. The molecule has 2 aromatic carbocycles. The van der Waals surface area contributed by atoms with Gasteiger partial charge in [0.2, 0.25) is 0 Å². The summed E-state index contributed by atoms with van der Waals surface area (Å²) in [5.74, 6) is -0.350. The average Bonchev–Trinajstić information content (AvgIpc) is 3.22. The summed E-state index contributed by atoms with van der Waals surface area (Å²) in [6, 6.07) is 21.3. The Balaban J connectivity index is 1.95. The molecule has 0 fully saturated rings. The van der Waals surface area contributed by atoms with E-state index in [0.29, 0.717) is 25.3 Å². The highest BCUT2D eigenvalue weighted by atomic mass is 32.1. The summed E-state index contributed by atoms with van der Waals surface area (Å²) < 4.78 is 12.3. The molecular formula is C27H35NO3SSi. The molecule has 0 spiro atoms. The second-order valence-electron chi connectivity index (χ2n) is 10.1. The second kappa shape index (κ2) is 10.3. The maximum atomic E-state index is 12.3. The van der Waals surface area contributed by atoms with E-state index < -0.39 is 8.32 Å². The predicted molar refractivity (Wildman–Crippen MR) is 139 cm³/mol. The SMILES string of the molecule is CCOC(=O)c1ncsc1CC(C)(C)CO[Si](c1ccccc1)(c1ccccc1)C(C)(C)C. The van der Waals surface area contributed by atoms with Gasteiger partial charge >= 0.3 is 5.97 Å². The van der Waals surface area contributed by atoms with Crippen LogP contribution in [0, 0.1) is 5.41 Å². The van der Waals surface area contributed by atoms with Crippen molar-refractivity contribution in [1.29, 1.82) is 0 Å². The van der Waals surface area contributed by atoms with Crippen molar-refractivity contribution in [2.75, 3.05) is 13.2 Å². The Morgan fingerprint density at radius 2 is 1.48 bits per heavy atom. The van der Waals surface area contributed by atoms with Crippen molar-refractivity contribution < 1.29 is 14.0 Å². The molecular weight excluding hydrogens is 446 g/mol. The molecule has 0 atom stereocenters. The number of carbonyl (C=O) groups excluding carboxylic acids is 1. The van der Waals surface area contributed by atoms with Crippen LogP contribution in [-0.4, -0.2) is 32.5 Å². The summed E-state index contributed by atoms with van der Waals surface area (Å²) in [5, 5.41) is 2.46. The van der Waals surface area contributed by atoms with Gasteiger partial charge in [0.15, 0.2) is 5.69 Å². The van der Waals surface area contributed by atoms with E-state index in [1.165, 1.54) is 21.7 Å². The molecule has 1 aromatic heterocycles. The minimum absolute atomic E-state index is 0.0770. The van der Waals surface area contributed by atoms with Crippen LogP contribution in [0.3, 0.4) is 0 Å². The van der Waals surface area contributed by atoms with E-state index in [9.17, 15) is 4.79 Å². The van der Waals surface area contributed by atoms with Crippen LogP contribution in [0.2, 0.25) is 5.04 Å². The Hall–Kier alpha value is -2.28. The number of hydrogen-bond acceptors (Lipinski definition) is 5. The van der Waals surface area contributed by atoms with Crippen molar-refractivity contribution in [2.45, 2.75) is 53.0 Å². The van der Waals surface area contributed by atoms with Crippen LogP contribution >= 0.6 is 11.3 Å². The molecule has 33 heavy (non-hydrogen) atoms. The molecule has 0 aliphatic heterocycles. The summed E-state index contributed by atoms with van der Waals surface area (Å²) >= 11 is 1.51. The average molecular weight is 482 g/mol. The van der Waals surface area contributed by atoms with E-state index >= 15 is 0 Å². The number of thiazole rings is 1. The molecule has 0 N–H and O–H groups in total. The summed E-state index contributed by atoms with van der Waals surface area (Å²) in [7, 11) is -2.61. The van der Waals surface area contributed by atoms with Crippen LogP contribution in [0.5, 0.6) is 0 Å². The van der Waals surface area contributed by atoms with Crippen molar-refractivity contribution in [2.24, 2.45) is 5.41 Å². The third kappa shape index (κ3) is 5.62. The first-order valence-corrected chi connectivity index (χ1v) is 14.2. The first-order chi connectivity index (χ1) is 15.6. The van der Waals surface area contributed by atoms with Crippen molar-refractivity contribution in [3.05, 3.63) is 76.7 Å². The van der Waals surface area contributed by atoms with Crippen LogP contribution in [-0.2, 0) is 15.6 Å². The van der Waals surface area contributed by atoms with Crippen molar-refractivity contribution >= 4 is 36.0 Å². The zero-order chi connectivity index (χ0) is 24.1. The smallest absolute Gasteiger partial charge is 0.358 e. The number of carbonyl (C=O) groups is 1. The summed E-state index contributed by atoms with van der Waals surface area (Å²) in [6.07, 6.45) is 0.698. The fraction of sp³-hybridized carbons (Fsp3) is 0.407. The topological polar surface area (TPSA) is 48.4 Å². The van der Waals surface area contributed by atoms with Gasteiger partial charge in [-0.1, -0.05) is 95.3 Å². The van der Waals surface area contributed by atoms with Gasteiger partial charge in [0.05, 0.1) is 12.1 Å². The van der Waals surface area contributed by atoms with E-state index in [2.05, 4.69) is 100 Å². The number of rotatable bonds is 9. The lowest BCUT2D eigenvalue weighted by Crippen LogP contribution is -2.67. The monoisotopic (exact) mass is 481 g/mol. The van der Waals surface area contributed by atoms with Crippen LogP contribution < -0.4 is 10.4 Å². The lowest BCUT2D eigenvalue weighted by molar-refractivity contribution is 0.0518. The normalized spacial score (nSPS) is 12.5. The molecule has 0 bridgehead atoms. The molecule has 6 heteroatoms. The first kappa shape index (κ1) is 25.3. The van der Waals surface area contributed by atoms with Crippen LogP contribution in [0.4, 0.5) is 0 Å². The van der Waals surface area contributed by atoms with Gasteiger partial charge in [-0.2, -0.15) is 0 Å². The first-order valence-electron chi connectivity index (χ1n) is 11.5. The fourth-order valence-corrected chi connectivity index (χ4v) is 10.1. The molecule has 0 aliphatic rings. The number of aromatic nitrogens is 1. The maximum Gasteiger partial charge on any atom is 0.358 e. The minimum atomic E-state index is -2.61. The zero-order valence-electron chi connectivity index (χ0n) is 20.6. The standard InChI is InChI=1S/C27H35NO3SSi/c1-7-30-25(29)24-23(32-20-28-24)18-27(5,6)19-31-33(26(2,3)4,21-14-10-8-11-15-21)22-16-12-9-13-17-22/h8-17,20H,7,18-19H2,1-6H3. The number of nitrogens with zero attached hydrogens (tertiary/aromatic N) is 1. The van der Waals surface area contributed by atoms with Gasteiger partial charge in [-0.05, 0) is 34.2 Å². The van der Waals surface area contributed by atoms with Crippen LogP contribution in [0.1, 0.15) is 56.9 Å². The molecule has 0 amide bonds. The largest absolute Gasteiger partial charge is 0.461 e. The number of benzene rings is 2. The van der Waals surface area contributed by atoms with E-state index in [1.54, 1.807) is 5.51 Å². The molecule has 176 valence electrons. The van der Waals surface area contributed by atoms with Crippen LogP contribution in [0.15, 0.2) is 66.2 Å². The van der Waals surface area contributed by atoms with Crippen LogP contribution in [0.25, 0.3) is 0 Å². The highest BCUT2D eigenvalue weighted by Crippen LogP contribution is 2.38. The quantitative estimate of drug-likeness (QED) is 0.301. The van der Waals surface area contributed by atoms with Gasteiger partial charge in [0, 0.05) is 11.5 Å². The van der Waals surface area contributed by atoms with E-state index in [4.69, 9.17) is 9.16 Å². The van der Waals surface area contributed by atoms with Crippen molar-refractivity contribution in [3.63, 3.8) is 0 Å². The van der Waals surface area contributed by atoms with E-state index in [1.807, 2.05) is 6.92 Å². The van der Waals surface area contributed by atoms with Gasteiger partial charge in [-0.15, -0.1) is 11.3 Å². The fourth-order valence-electron chi connectivity index (χ4n) is 4.31. The molecule has 0 saturated heterocycles. The van der Waals surface area contributed by atoms with Gasteiger partial charge in [-0.3, -0.25) is 0 Å². The Kier molecular flexibility index (Phi) is 7.93. The third-order valence-corrected chi connectivity index (χ3v) is 11.7. The lowest BCUT2D eigenvalue weighted by Gasteiger charge is -2.44. The molecule has 0 unspecified atom stereocenters. The summed E-state index contributed by atoms with van der Waals surface area (Å²) in [5.41, 5.74) is 1.96. The molecule has 4 nitrogen and oxygen atoms in total. The Morgan fingerprint density at radius 1 is 0.939 bits per heavy atom. The molecule has 0 radical (unpaired) electrons. The molecule has 0 aliphatic carbocycles. The van der Waals surface area contributed by atoms with E-state index in [-0.39, 0.29) is 16.4 Å². The Bertz CT molecular complexity index is 1000. The Morgan fingerprint density at radius 3 is 1.97 bits per heavy atom. The number of esters is 1. The Labute approximate surface area is 203 Å². The zero-order valence-corrected chi connectivity index (χ0v) is 22.4. The van der Waals surface area contributed by atoms with Gasteiger partial charge in [-0.25, -0.2) is 9.78 Å². The number of ether oxygens (including phenoxy) is 1. The summed E-state index contributed by atoms with van der Waals surface area (Å²) in [6.45, 7) is 14.0. The third-order valence-electron chi connectivity index (χ3n) is 5.85. The van der Waals surface area contributed by atoms with Gasteiger partial charge in [0.1, 0.15) is 0 Å². The molecule has 3 aromatic rings. The van der Waals surface area contributed by atoms with Gasteiger partial charge < -0.3 is 9.16 Å². The highest BCUT2D eigenvalue weighted by molar-refractivity contribution is 7.10. The maximum absolute atomic E-state index is 12.3. The van der Waals surface area contributed by atoms with E-state index in [0.717, 1.165) is 4.88 Å².